The molecule has 76 valence electrons. The molecule has 3 nitrogen and oxygen atoms in total. The summed E-state index contributed by atoms with van der Waals surface area (Å²) in [6, 6.07) is 4.08. The summed E-state index contributed by atoms with van der Waals surface area (Å²) in [5, 5.41) is 0. The molecule has 0 saturated heterocycles. The lowest BCUT2D eigenvalue weighted by Crippen LogP contribution is -2.14. The first kappa shape index (κ1) is 10.9. The average Bonchev–Trinajstić information content (AvgIpc) is 2.01. The standard InChI is InChI=1S/C8H6BrF2NO2/c9-4-1-2-5(7(12)13)6(3-4)14-8(10)11/h1-3,8H,(H2,12,13). The Morgan fingerprint density at radius 2 is 2.14 bits per heavy atom. The van der Waals surface area contributed by atoms with Crippen molar-refractivity contribution < 1.29 is 18.3 Å². The van der Waals surface area contributed by atoms with Crippen molar-refractivity contribution in [3.63, 3.8) is 0 Å². The van der Waals surface area contributed by atoms with Crippen molar-refractivity contribution in [1.82, 2.24) is 0 Å². The van der Waals surface area contributed by atoms with E-state index >= 15 is 0 Å². The van der Waals surface area contributed by atoms with Gasteiger partial charge in [-0.15, -0.1) is 0 Å². The number of benzene rings is 1. The zero-order valence-corrected chi connectivity index (χ0v) is 8.42. The van der Waals surface area contributed by atoms with E-state index in [1.807, 2.05) is 0 Å². The monoisotopic (exact) mass is 265 g/mol. The summed E-state index contributed by atoms with van der Waals surface area (Å²) in [6.07, 6.45) is 0. The zero-order valence-electron chi connectivity index (χ0n) is 6.84. The van der Waals surface area contributed by atoms with Crippen LogP contribution in [0.15, 0.2) is 22.7 Å². The first-order valence-corrected chi connectivity index (χ1v) is 4.34. The maximum atomic E-state index is 11.9. The Bertz CT molecular complexity index is 357. The number of nitrogens with two attached hydrogens (primary N) is 1. The van der Waals surface area contributed by atoms with E-state index in [9.17, 15) is 13.6 Å². The Labute approximate surface area is 87.0 Å². The average molecular weight is 266 g/mol. The van der Waals surface area contributed by atoms with Crippen LogP contribution in [0.5, 0.6) is 5.75 Å². The van der Waals surface area contributed by atoms with Gasteiger partial charge < -0.3 is 10.5 Å². The molecule has 14 heavy (non-hydrogen) atoms. The van der Waals surface area contributed by atoms with Crippen molar-refractivity contribution in [3.8, 4) is 5.75 Å². The lowest BCUT2D eigenvalue weighted by molar-refractivity contribution is -0.0501. The van der Waals surface area contributed by atoms with Crippen molar-refractivity contribution in [3.05, 3.63) is 28.2 Å². The van der Waals surface area contributed by atoms with E-state index in [0.29, 0.717) is 4.47 Å². The predicted molar refractivity (Wildman–Crippen MR) is 49.3 cm³/mol. The summed E-state index contributed by atoms with van der Waals surface area (Å²) in [6.45, 7) is -2.98. The minimum atomic E-state index is -2.98. The van der Waals surface area contributed by atoms with E-state index in [-0.39, 0.29) is 11.3 Å². The minimum absolute atomic E-state index is 0.0755. The van der Waals surface area contributed by atoms with Gasteiger partial charge in [0.25, 0.3) is 5.91 Å². The normalized spacial score (nSPS) is 10.3. The van der Waals surface area contributed by atoms with Crippen LogP contribution < -0.4 is 10.5 Å². The van der Waals surface area contributed by atoms with Gasteiger partial charge in [0.1, 0.15) is 5.75 Å². The van der Waals surface area contributed by atoms with Crippen LogP contribution in [-0.4, -0.2) is 12.5 Å². The van der Waals surface area contributed by atoms with E-state index in [2.05, 4.69) is 20.7 Å². The van der Waals surface area contributed by atoms with Crippen LogP contribution in [0, 0.1) is 0 Å². The molecule has 0 radical (unpaired) electrons. The molecule has 0 heterocycles. The second-order valence-corrected chi connectivity index (χ2v) is 3.30. The van der Waals surface area contributed by atoms with Crippen molar-refractivity contribution in [1.29, 1.82) is 0 Å². The summed E-state index contributed by atoms with van der Waals surface area (Å²) in [4.78, 5) is 10.8. The first-order valence-electron chi connectivity index (χ1n) is 3.55. The summed E-state index contributed by atoms with van der Waals surface area (Å²) in [5.41, 5.74) is 4.89. The van der Waals surface area contributed by atoms with Crippen LogP contribution in [0.2, 0.25) is 0 Å². The molecule has 0 aliphatic carbocycles. The Balaban J connectivity index is 3.09. The van der Waals surface area contributed by atoms with E-state index in [1.54, 1.807) is 0 Å². The second-order valence-electron chi connectivity index (χ2n) is 2.38. The molecule has 0 aliphatic heterocycles. The van der Waals surface area contributed by atoms with Crippen LogP contribution in [-0.2, 0) is 0 Å². The van der Waals surface area contributed by atoms with Crippen LogP contribution in [0.4, 0.5) is 8.78 Å². The largest absolute Gasteiger partial charge is 0.434 e. The summed E-state index contributed by atoms with van der Waals surface area (Å²) in [5.74, 6) is -1.05. The van der Waals surface area contributed by atoms with Gasteiger partial charge in [0, 0.05) is 4.47 Å². The molecule has 1 aromatic carbocycles. The molecule has 0 bridgehead atoms. The van der Waals surface area contributed by atoms with E-state index in [1.165, 1.54) is 18.2 Å². The number of carbonyl (C=O) groups is 1. The number of rotatable bonds is 3. The van der Waals surface area contributed by atoms with E-state index in [4.69, 9.17) is 5.73 Å². The summed E-state index contributed by atoms with van der Waals surface area (Å²) in [7, 11) is 0. The fourth-order valence-electron chi connectivity index (χ4n) is 0.893. The lowest BCUT2D eigenvalue weighted by atomic mass is 10.2. The molecule has 0 fully saturated rings. The molecular formula is C8H6BrF2NO2. The van der Waals surface area contributed by atoms with Crippen molar-refractivity contribution in [2.24, 2.45) is 5.73 Å². The number of hydrogen-bond donors (Lipinski definition) is 1. The Morgan fingerprint density at radius 3 is 2.64 bits per heavy atom. The van der Waals surface area contributed by atoms with Crippen molar-refractivity contribution in [2.45, 2.75) is 6.61 Å². The number of alkyl halides is 2. The summed E-state index contributed by atoms with van der Waals surface area (Å²) >= 11 is 3.06. The maximum Gasteiger partial charge on any atom is 0.387 e. The lowest BCUT2D eigenvalue weighted by Gasteiger charge is -2.08. The SMILES string of the molecule is NC(=O)c1ccc(Br)cc1OC(F)F. The number of primary amides is 1. The molecule has 1 amide bonds. The molecule has 0 saturated carbocycles. The molecule has 0 aliphatic rings. The molecule has 0 spiro atoms. The predicted octanol–water partition coefficient (Wildman–Crippen LogP) is 2.15. The molecule has 0 atom stereocenters. The zero-order chi connectivity index (χ0) is 10.7. The van der Waals surface area contributed by atoms with Crippen LogP contribution in [0.1, 0.15) is 10.4 Å². The highest BCUT2D eigenvalue weighted by Gasteiger charge is 2.13. The molecule has 6 heteroatoms. The molecule has 1 rings (SSSR count). The number of hydrogen-bond acceptors (Lipinski definition) is 2. The highest BCUT2D eigenvalue weighted by molar-refractivity contribution is 9.10. The van der Waals surface area contributed by atoms with Gasteiger partial charge >= 0.3 is 6.61 Å². The fraction of sp³-hybridized carbons (Fsp3) is 0.125. The van der Waals surface area contributed by atoms with Crippen LogP contribution in [0.3, 0.4) is 0 Å². The number of ether oxygens (including phenoxy) is 1. The highest BCUT2D eigenvalue weighted by atomic mass is 79.9. The van der Waals surface area contributed by atoms with Crippen molar-refractivity contribution >= 4 is 21.8 Å². The van der Waals surface area contributed by atoms with Gasteiger partial charge in [-0.25, -0.2) is 0 Å². The van der Waals surface area contributed by atoms with Gasteiger partial charge in [-0.05, 0) is 18.2 Å². The number of carbonyl (C=O) groups excluding carboxylic acids is 1. The van der Waals surface area contributed by atoms with Gasteiger partial charge in [-0.1, -0.05) is 15.9 Å². The molecule has 0 unspecified atom stereocenters. The topological polar surface area (TPSA) is 52.3 Å². The quantitative estimate of drug-likeness (QED) is 0.911. The Morgan fingerprint density at radius 1 is 1.50 bits per heavy atom. The summed E-state index contributed by atoms with van der Waals surface area (Å²) < 4.78 is 28.5. The van der Waals surface area contributed by atoms with E-state index in [0.717, 1.165) is 0 Å². The molecule has 1 aromatic rings. The molecular weight excluding hydrogens is 260 g/mol. The Hall–Kier alpha value is -1.17. The van der Waals surface area contributed by atoms with Gasteiger partial charge in [-0.3, -0.25) is 4.79 Å². The third-order valence-corrected chi connectivity index (χ3v) is 1.92. The van der Waals surface area contributed by atoms with Gasteiger partial charge in [-0.2, -0.15) is 8.78 Å². The maximum absolute atomic E-state index is 11.9. The number of amides is 1. The third-order valence-electron chi connectivity index (χ3n) is 1.43. The smallest absolute Gasteiger partial charge is 0.387 e. The van der Waals surface area contributed by atoms with E-state index < -0.39 is 12.5 Å². The van der Waals surface area contributed by atoms with Gasteiger partial charge in [0.05, 0.1) is 5.56 Å². The van der Waals surface area contributed by atoms with Gasteiger partial charge in [0.2, 0.25) is 0 Å². The minimum Gasteiger partial charge on any atom is -0.434 e. The second kappa shape index (κ2) is 4.36. The third kappa shape index (κ3) is 2.66. The van der Waals surface area contributed by atoms with Crippen LogP contribution in [0.25, 0.3) is 0 Å². The van der Waals surface area contributed by atoms with Gasteiger partial charge in [0.15, 0.2) is 0 Å². The molecule has 2 N–H and O–H groups in total. The highest BCUT2D eigenvalue weighted by Crippen LogP contribution is 2.24. The number of halogens is 3. The van der Waals surface area contributed by atoms with Crippen molar-refractivity contribution in [2.75, 3.05) is 0 Å². The molecule has 0 aromatic heterocycles. The Kier molecular flexibility index (Phi) is 3.40. The first-order chi connectivity index (χ1) is 6.50. The fourth-order valence-corrected chi connectivity index (χ4v) is 1.23. The van der Waals surface area contributed by atoms with Crippen LogP contribution >= 0.6 is 15.9 Å².